The van der Waals surface area contributed by atoms with Crippen molar-refractivity contribution in [1.82, 2.24) is 30.1 Å². The van der Waals surface area contributed by atoms with Gasteiger partial charge in [0.05, 0.1) is 24.3 Å². The van der Waals surface area contributed by atoms with Crippen LogP contribution in [-0.2, 0) is 10.3 Å². The highest BCUT2D eigenvalue weighted by molar-refractivity contribution is 5.83. The van der Waals surface area contributed by atoms with E-state index in [0.29, 0.717) is 54.7 Å². The Morgan fingerprint density at radius 2 is 1.90 bits per heavy atom. The third-order valence-corrected chi connectivity index (χ3v) is 6.25. The summed E-state index contributed by atoms with van der Waals surface area (Å²) in [7, 11) is 0. The number of nitrogens with one attached hydrogen (secondary N) is 1. The average Bonchev–Trinajstić information content (AvgIpc) is 3.43. The molecule has 3 aromatic rings. The fraction of sp³-hybridized carbons (Fsp3) is 0.524. The van der Waals surface area contributed by atoms with E-state index in [0.717, 1.165) is 11.8 Å². The molecule has 2 aromatic heterocycles. The van der Waals surface area contributed by atoms with Gasteiger partial charge in [-0.25, -0.2) is 4.68 Å². The van der Waals surface area contributed by atoms with E-state index in [1.54, 1.807) is 6.07 Å². The molecule has 2 aliphatic heterocycles. The molecule has 1 saturated heterocycles. The number of ether oxygens (including phenoxy) is 3. The number of fused-ring (bicyclic) bond motifs is 2. The number of tetrazole rings is 1. The second-order valence-electron chi connectivity index (χ2n) is 8.51. The first-order chi connectivity index (χ1) is 15.0. The van der Waals surface area contributed by atoms with Gasteiger partial charge in [0.25, 0.3) is 5.56 Å². The zero-order valence-electron chi connectivity index (χ0n) is 17.9. The zero-order chi connectivity index (χ0) is 21.6. The molecule has 0 unspecified atom stereocenters. The van der Waals surface area contributed by atoms with Crippen molar-refractivity contribution in [2.45, 2.75) is 38.8 Å². The first kappa shape index (κ1) is 20.0. The number of hydrogen-bond donors (Lipinski definition) is 1. The molecule has 0 spiro atoms. The van der Waals surface area contributed by atoms with Crippen molar-refractivity contribution >= 4 is 10.9 Å². The number of aromatic nitrogens is 5. The maximum absolute atomic E-state index is 13.3. The van der Waals surface area contributed by atoms with Crippen LogP contribution >= 0.6 is 0 Å². The second-order valence-corrected chi connectivity index (χ2v) is 8.51. The van der Waals surface area contributed by atoms with Crippen LogP contribution in [-0.4, -0.2) is 63.2 Å². The lowest BCUT2D eigenvalue weighted by Gasteiger charge is -2.35. The molecule has 2 aliphatic rings. The smallest absolute Gasteiger partial charge is 0.253 e. The van der Waals surface area contributed by atoms with Gasteiger partial charge in [0.15, 0.2) is 17.3 Å². The maximum atomic E-state index is 13.3. The highest BCUT2D eigenvalue weighted by Crippen LogP contribution is 2.36. The fourth-order valence-electron chi connectivity index (χ4n) is 4.10. The highest BCUT2D eigenvalue weighted by Gasteiger charge is 2.35. The molecule has 1 fully saturated rings. The quantitative estimate of drug-likeness (QED) is 0.658. The number of pyridine rings is 1. The minimum atomic E-state index is -0.400. The van der Waals surface area contributed by atoms with Gasteiger partial charge in [0, 0.05) is 30.1 Å². The normalized spacial score (nSPS) is 17.9. The van der Waals surface area contributed by atoms with E-state index in [4.69, 9.17) is 14.2 Å². The molecule has 1 aromatic carbocycles. The van der Waals surface area contributed by atoms with Gasteiger partial charge >= 0.3 is 0 Å². The van der Waals surface area contributed by atoms with Crippen molar-refractivity contribution in [3.63, 3.8) is 0 Å². The van der Waals surface area contributed by atoms with Crippen molar-refractivity contribution in [2.75, 3.05) is 33.1 Å². The standard InChI is InChI=1S/C21H26N6O4/c1-4-21(2,3)27-19(23-24-25-27)18(26-5-7-29-8-6-26)14-9-13-10-16-17(31-12-30-16)11-15(13)22-20(14)28/h9-11,18H,4-8,12H2,1-3H3,(H,22,28)/t18-/m0/s1. The summed E-state index contributed by atoms with van der Waals surface area (Å²) in [4.78, 5) is 18.5. The molecule has 10 heteroatoms. The SMILES string of the molecule is CCC(C)(C)n1nnnc1[C@H](c1cc2cc3c(cc2[nH]c1=O)OCO3)N1CCOCC1. The van der Waals surface area contributed by atoms with Crippen LogP contribution in [0.15, 0.2) is 23.0 Å². The van der Waals surface area contributed by atoms with Crippen molar-refractivity contribution in [3.8, 4) is 11.5 Å². The van der Waals surface area contributed by atoms with E-state index in [2.05, 4.69) is 46.2 Å². The monoisotopic (exact) mass is 426 g/mol. The third kappa shape index (κ3) is 3.45. The van der Waals surface area contributed by atoms with E-state index >= 15 is 0 Å². The van der Waals surface area contributed by atoms with Crippen LogP contribution in [0.5, 0.6) is 11.5 Å². The van der Waals surface area contributed by atoms with Gasteiger partial charge in [-0.2, -0.15) is 0 Å². The summed E-state index contributed by atoms with van der Waals surface area (Å²) < 4.78 is 18.4. The van der Waals surface area contributed by atoms with Crippen LogP contribution in [0.4, 0.5) is 0 Å². The van der Waals surface area contributed by atoms with Crippen molar-refractivity contribution < 1.29 is 14.2 Å². The molecule has 1 atom stereocenters. The van der Waals surface area contributed by atoms with Gasteiger partial charge in [-0.05, 0) is 42.8 Å². The summed E-state index contributed by atoms with van der Waals surface area (Å²) in [6, 6.07) is 5.21. The Morgan fingerprint density at radius 3 is 2.65 bits per heavy atom. The van der Waals surface area contributed by atoms with Crippen LogP contribution in [0, 0.1) is 0 Å². The van der Waals surface area contributed by atoms with Crippen molar-refractivity contribution in [2.24, 2.45) is 0 Å². The molecule has 10 nitrogen and oxygen atoms in total. The Morgan fingerprint density at radius 1 is 1.16 bits per heavy atom. The minimum Gasteiger partial charge on any atom is -0.454 e. The van der Waals surface area contributed by atoms with Crippen LogP contribution in [0.25, 0.3) is 10.9 Å². The summed E-state index contributed by atoms with van der Waals surface area (Å²) >= 11 is 0. The molecule has 0 aliphatic carbocycles. The van der Waals surface area contributed by atoms with Crippen LogP contribution < -0.4 is 15.0 Å². The van der Waals surface area contributed by atoms with E-state index in [1.165, 1.54) is 0 Å². The third-order valence-electron chi connectivity index (χ3n) is 6.25. The molecule has 0 amide bonds. The van der Waals surface area contributed by atoms with Gasteiger partial charge in [0.2, 0.25) is 6.79 Å². The molecule has 0 radical (unpaired) electrons. The number of hydrogen-bond acceptors (Lipinski definition) is 8. The molecule has 4 heterocycles. The molecule has 5 rings (SSSR count). The maximum Gasteiger partial charge on any atom is 0.253 e. The summed E-state index contributed by atoms with van der Waals surface area (Å²) in [6.45, 7) is 9.02. The lowest BCUT2D eigenvalue weighted by atomic mass is 9.99. The molecule has 0 saturated carbocycles. The first-order valence-corrected chi connectivity index (χ1v) is 10.5. The molecule has 1 N–H and O–H groups in total. The van der Waals surface area contributed by atoms with E-state index in [-0.39, 0.29) is 17.9 Å². The molecule has 164 valence electrons. The van der Waals surface area contributed by atoms with Gasteiger partial charge in [-0.3, -0.25) is 9.69 Å². The summed E-state index contributed by atoms with van der Waals surface area (Å²) in [5.74, 6) is 1.96. The molecule has 0 bridgehead atoms. The van der Waals surface area contributed by atoms with Crippen LogP contribution in [0.3, 0.4) is 0 Å². The fourth-order valence-corrected chi connectivity index (χ4v) is 4.10. The number of aromatic amines is 1. The Labute approximate surface area is 179 Å². The topological polar surface area (TPSA) is 107 Å². The minimum absolute atomic E-state index is 0.174. The van der Waals surface area contributed by atoms with Gasteiger partial charge in [-0.1, -0.05) is 6.92 Å². The second kappa shape index (κ2) is 7.61. The number of H-pyrrole nitrogens is 1. The zero-order valence-corrected chi connectivity index (χ0v) is 17.9. The number of rotatable bonds is 5. The Balaban J connectivity index is 1.68. The summed E-state index contributed by atoms with van der Waals surface area (Å²) in [5, 5.41) is 13.5. The lowest BCUT2D eigenvalue weighted by Crippen LogP contribution is -2.43. The lowest BCUT2D eigenvalue weighted by molar-refractivity contribution is 0.0204. The number of nitrogens with zero attached hydrogens (tertiary/aromatic N) is 5. The summed E-state index contributed by atoms with van der Waals surface area (Å²) in [6.07, 6.45) is 0.846. The molecular formula is C21H26N6O4. The van der Waals surface area contributed by atoms with Crippen molar-refractivity contribution in [3.05, 3.63) is 39.9 Å². The first-order valence-electron chi connectivity index (χ1n) is 10.5. The van der Waals surface area contributed by atoms with Crippen molar-refractivity contribution in [1.29, 1.82) is 0 Å². The van der Waals surface area contributed by atoms with Crippen LogP contribution in [0.1, 0.15) is 44.6 Å². The largest absolute Gasteiger partial charge is 0.454 e. The van der Waals surface area contributed by atoms with E-state index < -0.39 is 6.04 Å². The number of benzene rings is 1. The highest BCUT2D eigenvalue weighted by atomic mass is 16.7. The Bertz CT molecular complexity index is 1160. The Hall–Kier alpha value is -2.98. The van der Waals surface area contributed by atoms with Gasteiger partial charge in [0.1, 0.15) is 6.04 Å². The van der Waals surface area contributed by atoms with E-state index in [1.807, 2.05) is 16.8 Å². The predicted octanol–water partition coefficient (Wildman–Crippen LogP) is 1.81. The number of morpholine rings is 1. The van der Waals surface area contributed by atoms with E-state index in [9.17, 15) is 4.79 Å². The van der Waals surface area contributed by atoms with Crippen LogP contribution in [0.2, 0.25) is 0 Å². The summed E-state index contributed by atoms with van der Waals surface area (Å²) in [5.41, 5.74) is 0.828. The molecular weight excluding hydrogens is 400 g/mol. The van der Waals surface area contributed by atoms with Gasteiger partial charge in [-0.15, -0.1) is 5.10 Å². The van der Waals surface area contributed by atoms with Gasteiger partial charge < -0.3 is 19.2 Å². The average molecular weight is 426 g/mol. The predicted molar refractivity (Wildman–Crippen MR) is 112 cm³/mol. The molecule has 31 heavy (non-hydrogen) atoms. The Kier molecular flexibility index (Phi) is 4.90.